The number of methoxy groups -OCH3 is 2. The van der Waals surface area contributed by atoms with Crippen LogP contribution in [-0.2, 0) is 23.8 Å². The van der Waals surface area contributed by atoms with Crippen LogP contribution in [0.5, 0.6) is 0 Å². The Bertz CT molecular complexity index is 2300. The third kappa shape index (κ3) is 8.80. The number of rotatable bonds is 11. The number of aromatic nitrogens is 4. The van der Waals surface area contributed by atoms with Gasteiger partial charge in [0.1, 0.15) is 29.8 Å². The second kappa shape index (κ2) is 17.7. The zero-order chi connectivity index (χ0) is 41.8. The Morgan fingerprint density at radius 1 is 0.678 bits per heavy atom. The normalized spacial score (nSPS) is 17.9. The highest BCUT2D eigenvalue weighted by Gasteiger charge is 2.38. The number of aromatic amines is 2. The van der Waals surface area contributed by atoms with Crippen LogP contribution in [-0.4, -0.2) is 106 Å². The van der Waals surface area contributed by atoms with Gasteiger partial charge in [-0.1, -0.05) is 76.2 Å². The average molecular weight is 805 g/mol. The topological polar surface area (TPSA) is 184 Å². The average Bonchev–Trinajstić information content (AvgIpc) is 4.06. The SMILES string of the molecule is COC(=O)N[C@H](C(=O)N1CCC[C@H]1c1ncc(-c2ccc3cc(-c4ccc(-c5cnc([C@@H]6COCCN6C(=O)[C@@H](NC(=O)OC)C(C)C)[nH]5)cc4)ccc3c2)[nH]1)C(C)C. The standard InChI is InChI=1S/C44H52N8O7/c1-25(2)37(49-43(55)57-5)41(53)51-17-7-8-35(51)39-45-23-34(48-39)32-16-15-30-20-29(13-14-31(30)21-32)27-9-11-28(12-10-27)33-22-46-40(47-33)36-24-59-19-18-52(36)42(54)38(26(3)4)50-44(56)58-6/h9-16,20-23,25-26,35-38H,7-8,17-19,24H2,1-6H3,(H,45,48)(H,46,47)(H,49,55)(H,50,56)/t35-,36-,37-,38-/m0/s1. The highest BCUT2D eigenvalue weighted by molar-refractivity contribution is 5.91. The minimum Gasteiger partial charge on any atom is -0.453 e. The summed E-state index contributed by atoms with van der Waals surface area (Å²) >= 11 is 0. The summed E-state index contributed by atoms with van der Waals surface area (Å²) in [5.74, 6) is 0.724. The molecule has 0 bridgehead atoms. The molecule has 4 amide bonds. The summed E-state index contributed by atoms with van der Waals surface area (Å²) in [4.78, 5) is 71.0. The third-order valence-corrected chi connectivity index (χ3v) is 11.2. The monoisotopic (exact) mass is 804 g/mol. The van der Waals surface area contributed by atoms with Crippen molar-refractivity contribution in [3.05, 3.63) is 84.7 Å². The number of ether oxygens (including phenoxy) is 3. The minimum atomic E-state index is -0.747. The first-order chi connectivity index (χ1) is 28.4. The number of hydrogen-bond acceptors (Lipinski definition) is 9. The van der Waals surface area contributed by atoms with Gasteiger partial charge in [0.15, 0.2) is 0 Å². The van der Waals surface area contributed by atoms with Crippen molar-refractivity contribution in [2.24, 2.45) is 11.8 Å². The Labute approximate surface area is 343 Å². The highest BCUT2D eigenvalue weighted by atomic mass is 16.5. The number of morpholine rings is 1. The van der Waals surface area contributed by atoms with Crippen LogP contribution in [0.3, 0.4) is 0 Å². The zero-order valence-electron chi connectivity index (χ0n) is 34.3. The molecule has 4 heterocycles. The van der Waals surface area contributed by atoms with Crippen LogP contribution in [0.15, 0.2) is 73.1 Å². The fourth-order valence-corrected chi connectivity index (χ4v) is 7.91. The predicted octanol–water partition coefficient (Wildman–Crippen LogP) is 6.61. The molecule has 2 saturated heterocycles. The van der Waals surface area contributed by atoms with Gasteiger partial charge in [0.25, 0.3) is 0 Å². The molecule has 4 N–H and O–H groups in total. The molecule has 2 aromatic heterocycles. The number of alkyl carbamates (subject to hydrolysis) is 2. The van der Waals surface area contributed by atoms with Crippen molar-refractivity contribution in [1.29, 1.82) is 0 Å². The van der Waals surface area contributed by atoms with Crippen LogP contribution in [0.4, 0.5) is 9.59 Å². The van der Waals surface area contributed by atoms with Crippen LogP contribution in [0.25, 0.3) is 44.4 Å². The smallest absolute Gasteiger partial charge is 0.407 e. The van der Waals surface area contributed by atoms with Crippen molar-refractivity contribution in [3.63, 3.8) is 0 Å². The summed E-state index contributed by atoms with van der Waals surface area (Å²) in [6, 6.07) is 18.9. The third-order valence-electron chi connectivity index (χ3n) is 11.2. The number of carbonyl (C=O) groups is 4. The van der Waals surface area contributed by atoms with E-state index in [1.165, 1.54) is 14.2 Å². The lowest BCUT2D eigenvalue weighted by molar-refractivity contribution is -0.143. The van der Waals surface area contributed by atoms with E-state index in [-0.39, 0.29) is 36.3 Å². The molecule has 2 aliphatic rings. The van der Waals surface area contributed by atoms with Crippen molar-refractivity contribution in [2.75, 3.05) is 40.5 Å². The second-order valence-electron chi connectivity index (χ2n) is 15.7. The fourth-order valence-electron chi connectivity index (χ4n) is 7.91. The molecule has 59 heavy (non-hydrogen) atoms. The molecule has 15 nitrogen and oxygen atoms in total. The van der Waals surface area contributed by atoms with Crippen LogP contribution < -0.4 is 10.6 Å². The number of likely N-dealkylation sites (tertiary alicyclic amines) is 1. The van der Waals surface area contributed by atoms with Gasteiger partial charge >= 0.3 is 12.2 Å². The molecular formula is C44H52N8O7. The van der Waals surface area contributed by atoms with Gasteiger partial charge in [-0.2, -0.15) is 0 Å². The molecule has 15 heteroatoms. The van der Waals surface area contributed by atoms with Crippen LogP contribution >= 0.6 is 0 Å². The predicted molar refractivity (Wildman–Crippen MR) is 222 cm³/mol. The summed E-state index contributed by atoms with van der Waals surface area (Å²) in [7, 11) is 2.57. The highest BCUT2D eigenvalue weighted by Crippen LogP contribution is 2.34. The van der Waals surface area contributed by atoms with Crippen LogP contribution in [0.2, 0.25) is 0 Å². The van der Waals surface area contributed by atoms with Crippen molar-refractivity contribution in [1.82, 2.24) is 40.4 Å². The van der Waals surface area contributed by atoms with Crippen molar-refractivity contribution in [2.45, 2.75) is 64.7 Å². The molecular weight excluding hydrogens is 753 g/mol. The number of amides is 4. The molecule has 4 atom stereocenters. The Balaban J connectivity index is 1.03. The maximum Gasteiger partial charge on any atom is 0.407 e. The molecule has 5 aromatic rings. The molecule has 0 aliphatic carbocycles. The number of hydrogen-bond donors (Lipinski definition) is 4. The summed E-state index contributed by atoms with van der Waals surface area (Å²) in [6.45, 7) is 9.20. The number of nitrogens with one attached hydrogen (secondary N) is 4. The van der Waals surface area contributed by atoms with Gasteiger partial charge in [0, 0.05) is 18.7 Å². The van der Waals surface area contributed by atoms with E-state index in [4.69, 9.17) is 19.2 Å². The lowest BCUT2D eigenvalue weighted by Gasteiger charge is -2.37. The van der Waals surface area contributed by atoms with Gasteiger partial charge in [-0.3, -0.25) is 9.59 Å². The van der Waals surface area contributed by atoms with Gasteiger partial charge in [-0.15, -0.1) is 0 Å². The Hall–Kier alpha value is -6.22. The lowest BCUT2D eigenvalue weighted by Crippen LogP contribution is -2.54. The Morgan fingerprint density at radius 3 is 1.75 bits per heavy atom. The minimum absolute atomic E-state index is 0.109. The summed E-state index contributed by atoms with van der Waals surface area (Å²) < 4.78 is 15.3. The number of nitrogens with zero attached hydrogens (tertiary/aromatic N) is 4. The van der Waals surface area contributed by atoms with Crippen molar-refractivity contribution in [3.8, 4) is 33.6 Å². The molecule has 7 rings (SSSR count). The largest absolute Gasteiger partial charge is 0.453 e. The maximum absolute atomic E-state index is 13.7. The van der Waals surface area contributed by atoms with Crippen LogP contribution in [0, 0.1) is 11.8 Å². The number of benzene rings is 3. The van der Waals surface area contributed by atoms with Gasteiger partial charge < -0.3 is 44.6 Å². The molecule has 0 unspecified atom stereocenters. The molecule has 0 spiro atoms. The van der Waals surface area contributed by atoms with E-state index < -0.39 is 30.3 Å². The number of fused-ring (bicyclic) bond motifs is 1. The molecule has 0 saturated carbocycles. The maximum atomic E-state index is 13.7. The summed E-state index contributed by atoms with van der Waals surface area (Å²) in [5, 5.41) is 7.55. The van der Waals surface area contributed by atoms with E-state index in [1.54, 1.807) is 11.1 Å². The number of carbonyl (C=O) groups excluding carboxylic acids is 4. The molecule has 0 radical (unpaired) electrons. The Kier molecular flexibility index (Phi) is 12.3. The molecule has 3 aromatic carbocycles. The van der Waals surface area contributed by atoms with Crippen molar-refractivity contribution < 1.29 is 33.4 Å². The van der Waals surface area contributed by atoms with Gasteiger partial charge in [0.2, 0.25) is 11.8 Å². The van der Waals surface area contributed by atoms with E-state index >= 15 is 0 Å². The molecule has 2 aliphatic heterocycles. The van der Waals surface area contributed by atoms with Gasteiger partial charge in [-0.25, -0.2) is 19.6 Å². The van der Waals surface area contributed by atoms with E-state index in [1.807, 2.05) is 50.9 Å². The van der Waals surface area contributed by atoms with Crippen LogP contribution in [0.1, 0.15) is 64.3 Å². The first kappa shape index (κ1) is 41.0. The van der Waals surface area contributed by atoms with E-state index in [0.717, 1.165) is 63.1 Å². The van der Waals surface area contributed by atoms with E-state index in [9.17, 15) is 19.2 Å². The lowest BCUT2D eigenvalue weighted by atomic mass is 9.98. The number of imidazole rings is 2. The molecule has 310 valence electrons. The van der Waals surface area contributed by atoms with E-state index in [0.29, 0.717) is 25.5 Å². The molecule has 2 fully saturated rings. The van der Waals surface area contributed by atoms with Gasteiger partial charge in [0.05, 0.1) is 57.3 Å². The van der Waals surface area contributed by atoms with Crippen molar-refractivity contribution >= 4 is 34.8 Å². The second-order valence-corrected chi connectivity index (χ2v) is 15.7. The zero-order valence-corrected chi connectivity index (χ0v) is 34.3. The first-order valence-corrected chi connectivity index (χ1v) is 20.1. The fraction of sp³-hybridized carbons (Fsp3) is 0.409. The first-order valence-electron chi connectivity index (χ1n) is 20.1. The summed E-state index contributed by atoms with van der Waals surface area (Å²) in [6.07, 6.45) is 3.93. The summed E-state index contributed by atoms with van der Waals surface area (Å²) in [5.41, 5.74) is 5.74. The Morgan fingerprint density at radius 2 is 1.17 bits per heavy atom. The van der Waals surface area contributed by atoms with Gasteiger partial charge in [-0.05, 0) is 64.3 Å². The quantitative estimate of drug-likeness (QED) is 0.114. The number of H-pyrrole nitrogens is 2. The van der Waals surface area contributed by atoms with E-state index in [2.05, 4.69) is 74.1 Å².